The van der Waals surface area contributed by atoms with Crippen LogP contribution < -0.4 is 0 Å². The van der Waals surface area contributed by atoms with Gasteiger partial charge in [0.1, 0.15) is 0 Å². The van der Waals surface area contributed by atoms with Gasteiger partial charge < -0.3 is 10.2 Å². The molecule has 1 rings (SSSR count). The average Bonchev–Trinajstić information content (AvgIpc) is 2.08. The Bertz CT molecular complexity index is 354. The first-order chi connectivity index (χ1) is 6.50. The third kappa shape index (κ3) is 2.97. The number of carbonyl (C=O) groups is 1. The maximum atomic E-state index is 10.4. The average molecular weight is 280 g/mol. The Hall–Kier alpha value is -0.580. The van der Waals surface area contributed by atoms with Crippen LogP contribution in [0, 0.1) is 0 Å². The van der Waals surface area contributed by atoms with Gasteiger partial charge in [-0.2, -0.15) is 0 Å². The Kier molecular flexibility index (Phi) is 3.92. The minimum atomic E-state index is -1.05. The highest BCUT2D eigenvalue weighted by atomic mass is 79.9. The molecule has 1 aromatic carbocycles. The number of benzene rings is 1. The summed E-state index contributed by atoms with van der Waals surface area (Å²) in [6.07, 6.45) is -1.38. The number of hydrogen-bond acceptors (Lipinski definition) is 2. The summed E-state index contributed by atoms with van der Waals surface area (Å²) in [5.74, 6) is -1.05. The first-order valence-electron chi connectivity index (χ1n) is 3.85. The molecule has 2 N–H and O–H groups in total. The number of rotatable bonds is 3. The molecule has 5 heteroatoms. The van der Waals surface area contributed by atoms with Crippen LogP contribution in [0.4, 0.5) is 0 Å². The molecule has 0 heterocycles. The Morgan fingerprint density at radius 2 is 2.21 bits per heavy atom. The van der Waals surface area contributed by atoms with Crippen molar-refractivity contribution in [2.75, 3.05) is 0 Å². The Balaban J connectivity index is 2.93. The first-order valence-corrected chi connectivity index (χ1v) is 5.02. The van der Waals surface area contributed by atoms with Crippen molar-refractivity contribution < 1.29 is 15.0 Å². The van der Waals surface area contributed by atoms with Gasteiger partial charge in [0, 0.05) is 9.50 Å². The lowest BCUT2D eigenvalue weighted by Gasteiger charge is -2.10. The fraction of sp³-hybridized carbons (Fsp3) is 0.222. The smallest absolute Gasteiger partial charge is 0.306 e. The standard InChI is InChI=1S/C9H8BrClO3/c10-7-2-1-5(11)3-6(7)8(12)4-9(13)14/h1-3,8,12H,4H2,(H,13,14)/t8-/m1/s1. The number of carboxylic acid groups (broad SMARTS) is 1. The molecule has 0 amide bonds. The van der Waals surface area contributed by atoms with Crippen LogP contribution in [0.3, 0.4) is 0 Å². The van der Waals surface area contributed by atoms with Crippen LogP contribution >= 0.6 is 27.5 Å². The van der Waals surface area contributed by atoms with E-state index >= 15 is 0 Å². The van der Waals surface area contributed by atoms with Gasteiger partial charge in [-0.15, -0.1) is 0 Å². The van der Waals surface area contributed by atoms with Crippen molar-refractivity contribution in [3.8, 4) is 0 Å². The van der Waals surface area contributed by atoms with Crippen molar-refractivity contribution in [3.63, 3.8) is 0 Å². The predicted octanol–water partition coefficient (Wildman–Crippen LogP) is 2.61. The van der Waals surface area contributed by atoms with Gasteiger partial charge in [-0.3, -0.25) is 4.79 Å². The van der Waals surface area contributed by atoms with E-state index in [-0.39, 0.29) is 6.42 Å². The monoisotopic (exact) mass is 278 g/mol. The molecule has 0 aliphatic heterocycles. The molecule has 76 valence electrons. The second-order valence-electron chi connectivity index (χ2n) is 2.78. The minimum Gasteiger partial charge on any atom is -0.481 e. The molecule has 0 aliphatic rings. The van der Waals surface area contributed by atoms with Crippen molar-refractivity contribution in [3.05, 3.63) is 33.3 Å². The lowest BCUT2D eigenvalue weighted by atomic mass is 10.1. The van der Waals surface area contributed by atoms with E-state index in [0.717, 1.165) is 0 Å². The maximum absolute atomic E-state index is 10.4. The fourth-order valence-electron chi connectivity index (χ4n) is 1.05. The Morgan fingerprint density at radius 3 is 2.79 bits per heavy atom. The largest absolute Gasteiger partial charge is 0.481 e. The summed E-state index contributed by atoms with van der Waals surface area (Å²) in [6, 6.07) is 4.87. The SMILES string of the molecule is O=C(O)C[C@@H](O)c1cc(Cl)ccc1Br. The number of aliphatic hydroxyl groups is 1. The molecule has 0 unspecified atom stereocenters. The highest BCUT2D eigenvalue weighted by Crippen LogP contribution is 2.28. The zero-order valence-electron chi connectivity index (χ0n) is 7.08. The summed E-state index contributed by atoms with van der Waals surface area (Å²) in [4.78, 5) is 10.4. The number of halogens is 2. The third-order valence-corrected chi connectivity index (χ3v) is 2.64. The summed E-state index contributed by atoms with van der Waals surface area (Å²) in [7, 11) is 0. The van der Waals surface area contributed by atoms with E-state index in [4.69, 9.17) is 16.7 Å². The van der Waals surface area contributed by atoms with E-state index in [1.807, 2.05) is 0 Å². The zero-order chi connectivity index (χ0) is 10.7. The van der Waals surface area contributed by atoms with E-state index in [1.54, 1.807) is 18.2 Å². The van der Waals surface area contributed by atoms with Gasteiger partial charge in [0.05, 0.1) is 12.5 Å². The number of aliphatic hydroxyl groups excluding tert-OH is 1. The van der Waals surface area contributed by atoms with E-state index in [1.165, 1.54) is 0 Å². The molecule has 0 saturated carbocycles. The van der Waals surface area contributed by atoms with Crippen LogP contribution in [-0.2, 0) is 4.79 Å². The molecule has 0 bridgehead atoms. The summed E-state index contributed by atoms with van der Waals surface area (Å²) >= 11 is 8.93. The van der Waals surface area contributed by atoms with Crippen LogP contribution in [0.5, 0.6) is 0 Å². The molecule has 0 radical (unpaired) electrons. The van der Waals surface area contributed by atoms with Crippen LogP contribution in [0.1, 0.15) is 18.1 Å². The summed E-state index contributed by atoms with van der Waals surface area (Å²) in [5, 5.41) is 18.5. The van der Waals surface area contributed by atoms with Crippen molar-refractivity contribution in [1.82, 2.24) is 0 Å². The van der Waals surface area contributed by atoms with Crippen LogP contribution in [0.15, 0.2) is 22.7 Å². The minimum absolute atomic E-state index is 0.334. The highest BCUT2D eigenvalue weighted by molar-refractivity contribution is 9.10. The molecule has 1 atom stereocenters. The Morgan fingerprint density at radius 1 is 1.57 bits per heavy atom. The Labute approximate surface area is 94.4 Å². The molecule has 1 aromatic rings. The number of hydrogen-bond donors (Lipinski definition) is 2. The quantitative estimate of drug-likeness (QED) is 0.894. The molecule has 0 spiro atoms. The van der Waals surface area contributed by atoms with Crippen molar-refractivity contribution >= 4 is 33.5 Å². The van der Waals surface area contributed by atoms with Gasteiger partial charge in [0.15, 0.2) is 0 Å². The van der Waals surface area contributed by atoms with Crippen LogP contribution in [0.2, 0.25) is 5.02 Å². The third-order valence-electron chi connectivity index (χ3n) is 1.69. The van der Waals surface area contributed by atoms with E-state index in [9.17, 15) is 9.90 Å². The summed E-state index contributed by atoms with van der Waals surface area (Å²) in [5.41, 5.74) is 0.486. The molecule has 14 heavy (non-hydrogen) atoms. The van der Waals surface area contributed by atoms with Gasteiger partial charge in [-0.1, -0.05) is 27.5 Å². The second-order valence-corrected chi connectivity index (χ2v) is 4.07. The van der Waals surface area contributed by atoms with Crippen molar-refractivity contribution in [2.24, 2.45) is 0 Å². The summed E-state index contributed by atoms with van der Waals surface area (Å²) < 4.78 is 0.649. The molecule has 0 saturated heterocycles. The van der Waals surface area contributed by atoms with E-state index < -0.39 is 12.1 Å². The fourth-order valence-corrected chi connectivity index (χ4v) is 1.74. The van der Waals surface area contributed by atoms with Crippen molar-refractivity contribution in [1.29, 1.82) is 0 Å². The van der Waals surface area contributed by atoms with Gasteiger partial charge in [0.2, 0.25) is 0 Å². The molecule has 0 aliphatic carbocycles. The highest BCUT2D eigenvalue weighted by Gasteiger charge is 2.15. The van der Waals surface area contributed by atoms with Gasteiger partial charge in [0.25, 0.3) is 0 Å². The van der Waals surface area contributed by atoms with E-state index in [2.05, 4.69) is 15.9 Å². The van der Waals surface area contributed by atoms with Crippen LogP contribution in [-0.4, -0.2) is 16.2 Å². The van der Waals surface area contributed by atoms with Gasteiger partial charge in [-0.05, 0) is 23.8 Å². The summed E-state index contributed by atoms with van der Waals surface area (Å²) in [6.45, 7) is 0. The topological polar surface area (TPSA) is 57.5 Å². The maximum Gasteiger partial charge on any atom is 0.306 e. The first kappa shape index (κ1) is 11.5. The lowest BCUT2D eigenvalue weighted by Crippen LogP contribution is -2.05. The molecule has 0 aromatic heterocycles. The van der Waals surface area contributed by atoms with Gasteiger partial charge >= 0.3 is 5.97 Å². The van der Waals surface area contributed by atoms with Crippen LogP contribution in [0.25, 0.3) is 0 Å². The number of carboxylic acids is 1. The predicted molar refractivity (Wildman–Crippen MR) is 56.4 cm³/mol. The lowest BCUT2D eigenvalue weighted by molar-refractivity contribution is -0.139. The molecule has 0 fully saturated rings. The van der Waals surface area contributed by atoms with E-state index in [0.29, 0.717) is 15.1 Å². The normalized spacial score (nSPS) is 12.5. The zero-order valence-corrected chi connectivity index (χ0v) is 9.42. The number of aliphatic carboxylic acids is 1. The van der Waals surface area contributed by atoms with Gasteiger partial charge in [-0.25, -0.2) is 0 Å². The molecular formula is C9H8BrClO3. The van der Waals surface area contributed by atoms with Crippen molar-refractivity contribution in [2.45, 2.75) is 12.5 Å². The molecule has 3 nitrogen and oxygen atoms in total. The molecular weight excluding hydrogens is 271 g/mol. The second kappa shape index (κ2) is 4.77.